The fraction of sp³-hybridized carbons (Fsp3) is 0.350. The molecule has 10 nitrogen and oxygen atoms in total. The summed E-state index contributed by atoms with van der Waals surface area (Å²) < 4.78 is 36.1. The predicted molar refractivity (Wildman–Crippen MR) is 116 cm³/mol. The van der Waals surface area contributed by atoms with Gasteiger partial charge in [0.2, 0.25) is 15.9 Å². The van der Waals surface area contributed by atoms with Gasteiger partial charge in [-0.25, -0.2) is 8.42 Å². The molecular weight excluding hydrogens is 426 g/mol. The summed E-state index contributed by atoms with van der Waals surface area (Å²) in [4.78, 5) is 22.8. The van der Waals surface area contributed by atoms with E-state index < -0.39 is 27.4 Å². The Morgan fingerprint density at radius 2 is 1.90 bits per heavy atom. The van der Waals surface area contributed by atoms with Crippen LogP contribution in [0.1, 0.15) is 19.4 Å². The van der Waals surface area contributed by atoms with E-state index in [1.807, 2.05) is 13.8 Å². The first-order chi connectivity index (χ1) is 14.5. The third-order valence-corrected chi connectivity index (χ3v) is 5.24. The minimum Gasteiger partial charge on any atom is -0.493 e. The fourth-order valence-corrected chi connectivity index (χ4v) is 3.57. The van der Waals surface area contributed by atoms with Crippen molar-refractivity contribution in [2.45, 2.75) is 26.5 Å². The average molecular weight is 452 g/mol. The zero-order valence-corrected chi connectivity index (χ0v) is 18.5. The van der Waals surface area contributed by atoms with Crippen LogP contribution in [0.25, 0.3) is 0 Å². The number of sulfonamides is 1. The van der Waals surface area contributed by atoms with E-state index in [1.165, 1.54) is 25.3 Å². The molecule has 1 amide bonds. The van der Waals surface area contributed by atoms with Crippen LogP contribution < -0.4 is 19.1 Å². The Morgan fingerprint density at radius 3 is 2.48 bits per heavy atom. The van der Waals surface area contributed by atoms with Crippen LogP contribution in [0.5, 0.6) is 11.5 Å². The monoisotopic (exact) mass is 451 g/mol. The number of methoxy groups -OCH3 is 1. The van der Waals surface area contributed by atoms with Crippen LogP contribution in [0.2, 0.25) is 0 Å². The highest BCUT2D eigenvalue weighted by molar-refractivity contribution is 7.92. The van der Waals surface area contributed by atoms with Crippen molar-refractivity contribution < 1.29 is 27.6 Å². The molecule has 0 radical (unpaired) electrons. The summed E-state index contributed by atoms with van der Waals surface area (Å²) in [6.07, 6.45) is 0.896. The maximum Gasteiger partial charge on any atom is 0.271 e. The smallest absolute Gasteiger partial charge is 0.271 e. The number of nitrogens with zero attached hydrogens (tertiary/aromatic N) is 2. The van der Waals surface area contributed by atoms with Crippen LogP contribution in [0, 0.1) is 10.1 Å². The fourth-order valence-electron chi connectivity index (χ4n) is 2.72. The van der Waals surface area contributed by atoms with Crippen LogP contribution in [0.4, 0.5) is 11.4 Å². The van der Waals surface area contributed by atoms with Gasteiger partial charge in [0.25, 0.3) is 5.69 Å². The van der Waals surface area contributed by atoms with Gasteiger partial charge in [-0.05, 0) is 37.6 Å². The molecule has 0 unspecified atom stereocenters. The molecule has 2 aromatic carbocycles. The molecule has 168 valence electrons. The Hall–Kier alpha value is -3.34. The summed E-state index contributed by atoms with van der Waals surface area (Å²) in [5, 5.41) is 13.6. The molecule has 11 heteroatoms. The van der Waals surface area contributed by atoms with Crippen molar-refractivity contribution in [1.82, 2.24) is 5.32 Å². The number of carbonyl (C=O) groups is 1. The third-order valence-electron chi connectivity index (χ3n) is 4.10. The summed E-state index contributed by atoms with van der Waals surface area (Å²) in [5.74, 6) is 0.509. The van der Waals surface area contributed by atoms with E-state index in [0.29, 0.717) is 11.5 Å². The van der Waals surface area contributed by atoms with Gasteiger partial charge in [-0.3, -0.25) is 19.2 Å². The molecule has 0 aromatic heterocycles. The summed E-state index contributed by atoms with van der Waals surface area (Å²) >= 11 is 0. The van der Waals surface area contributed by atoms with Crippen molar-refractivity contribution in [2.75, 3.05) is 24.2 Å². The normalized spacial score (nSPS) is 11.1. The predicted octanol–water partition coefficient (Wildman–Crippen LogP) is 2.47. The second-order valence-corrected chi connectivity index (χ2v) is 8.88. The zero-order valence-electron chi connectivity index (χ0n) is 17.7. The Labute approximate surface area is 181 Å². The number of hydrogen-bond acceptors (Lipinski definition) is 7. The minimum atomic E-state index is -3.85. The van der Waals surface area contributed by atoms with Gasteiger partial charge >= 0.3 is 0 Å². The van der Waals surface area contributed by atoms with Crippen LogP contribution in [-0.2, 0) is 21.4 Å². The quantitative estimate of drug-likeness (QED) is 0.434. The van der Waals surface area contributed by atoms with Gasteiger partial charge in [-0.1, -0.05) is 12.1 Å². The molecule has 31 heavy (non-hydrogen) atoms. The van der Waals surface area contributed by atoms with E-state index in [2.05, 4.69) is 5.32 Å². The van der Waals surface area contributed by atoms with Crippen molar-refractivity contribution >= 4 is 27.3 Å². The number of nitrogens with one attached hydrogen (secondary N) is 1. The van der Waals surface area contributed by atoms with Crippen molar-refractivity contribution in [3.05, 3.63) is 58.1 Å². The Morgan fingerprint density at radius 1 is 1.19 bits per heavy atom. The molecule has 0 saturated carbocycles. The van der Waals surface area contributed by atoms with Crippen LogP contribution in [-0.4, -0.2) is 45.3 Å². The van der Waals surface area contributed by atoms with E-state index in [0.717, 1.165) is 22.2 Å². The molecule has 0 aliphatic rings. The summed E-state index contributed by atoms with van der Waals surface area (Å²) in [7, 11) is -2.35. The highest BCUT2D eigenvalue weighted by Crippen LogP contribution is 2.29. The molecule has 0 saturated heterocycles. The topological polar surface area (TPSA) is 128 Å². The second kappa shape index (κ2) is 10.1. The lowest BCUT2D eigenvalue weighted by molar-refractivity contribution is -0.384. The molecule has 0 spiro atoms. The minimum absolute atomic E-state index is 0.0312. The van der Waals surface area contributed by atoms with Gasteiger partial charge < -0.3 is 14.8 Å². The van der Waals surface area contributed by atoms with E-state index in [9.17, 15) is 23.3 Å². The Balaban J connectivity index is 2.12. The number of amides is 1. The second-order valence-electron chi connectivity index (χ2n) is 6.98. The van der Waals surface area contributed by atoms with Gasteiger partial charge in [-0.15, -0.1) is 0 Å². The van der Waals surface area contributed by atoms with E-state index >= 15 is 0 Å². The number of ether oxygens (including phenoxy) is 2. The molecule has 0 bridgehead atoms. The molecule has 0 aliphatic heterocycles. The number of nitro groups is 1. The van der Waals surface area contributed by atoms with Gasteiger partial charge in [-0.2, -0.15) is 0 Å². The van der Waals surface area contributed by atoms with Gasteiger partial charge in [0.15, 0.2) is 11.5 Å². The molecule has 0 aliphatic carbocycles. The van der Waals surface area contributed by atoms with Gasteiger partial charge in [0.05, 0.1) is 30.1 Å². The van der Waals surface area contributed by atoms with Crippen molar-refractivity contribution in [3.63, 3.8) is 0 Å². The molecule has 0 fully saturated rings. The first-order valence-corrected chi connectivity index (χ1v) is 11.2. The van der Waals surface area contributed by atoms with Gasteiger partial charge in [0.1, 0.15) is 6.54 Å². The van der Waals surface area contributed by atoms with E-state index in [-0.39, 0.29) is 24.0 Å². The number of anilines is 1. The Kier molecular flexibility index (Phi) is 7.81. The highest BCUT2D eigenvalue weighted by Gasteiger charge is 2.22. The molecule has 0 atom stereocenters. The molecule has 1 N–H and O–H groups in total. The maximum atomic E-state index is 12.4. The van der Waals surface area contributed by atoms with Crippen LogP contribution in [0.3, 0.4) is 0 Å². The lowest BCUT2D eigenvalue weighted by atomic mass is 10.2. The number of non-ortho nitro benzene ring substituents is 1. The standard InChI is InChI=1S/C20H25N3O7S/c1-14(2)30-18-9-8-15(10-19(18)29-3)12-21-20(24)13-22(31(4,27)28)16-6-5-7-17(11-16)23(25)26/h5-11,14H,12-13H2,1-4H3,(H,21,24). The van der Waals surface area contributed by atoms with E-state index in [1.54, 1.807) is 18.2 Å². The first-order valence-electron chi connectivity index (χ1n) is 9.33. The third kappa shape index (κ3) is 6.85. The number of benzene rings is 2. The molecular formula is C20H25N3O7S. The SMILES string of the molecule is COc1cc(CNC(=O)CN(c2cccc([N+](=O)[O-])c2)S(C)(=O)=O)ccc1OC(C)C. The molecule has 2 aromatic rings. The Bertz CT molecular complexity index is 1050. The van der Waals surface area contributed by atoms with Crippen molar-refractivity contribution in [1.29, 1.82) is 0 Å². The lowest BCUT2D eigenvalue weighted by Gasteiger charge is -2.21. The molecule has 0 heterocycles. The van der Waals surface area contributed by atoms with Crippen molar-refractivity contribution in [3.8, 4) is 11.5 Å². The number of rotatable bonds is 10. The number of nitro benzene ring substituents is 1. The van der Waals surface area contributed by atoms with Crippen LogP contribution >= 0.6 is 0 Å². The first kappa shape index (κ1) is 23.9. The summed E-state index contributed by atoms with van der Waals surface area (Å²) in [5.41, 5.74) is 0.480. The summed E-state index contributed by atoms with van der Waals surface area (Å²) in [6, 6.07) is 10.3. The number of carbonyl (C=O) groups excluding carboxylic acids is 1. The van der Waals surface area contributed by atoms with Crippen molar-refractivity contribution in [2.24, 2.45) is 0 Å². The lowest BCUT2D eigenvalue weighted by Crippen LogP contribution is -2.40. The highest BCUT2D eigenvalue weighted by atomic mass is 32.2. The van der Waals surface area contributed by atoms with E-state index in [4.69, 9.17) is 9.47 Å². The largest absolute Gasteiger partial charge is 0.493 e. The molecule has 2 rings (SSSR count). The number of hydrogen-bond donors (Lipinski definition) is 1. The van der Waals surface area contributed by atoms with Gasteiger partial charge in [0, 0.05) is 18.7 Å². The summed E-state index contributed by atoms with van der Waals surface area (Å²) in [6.45, 7) is 3.39. The van der Waals surface area contributed by atoms with Crippen LogP contribution in [0.15, 0.2) is 42.5 Å². The average Bonchev–Trinajstić information content (AvgIpc) is 2.70. The maximum absolute atomic E-state index is 12.4. The zero-order chi connectivity index (χ0) is 23.2.